The van der Waals surface area contributed by atoms with Crippen molar-refractivity contribution in [3.63, 3.8) is 0 Å². The van der Waals surface area contributed by atoms with Crippen molar-refractivity contribution in [1.82, 2.24) is 14.7 Å². The van der Waals surface area contributed by atoms with Crippen molar-refractivity contribution >= 4 is 17.7 Å². The van der Waals surface area contributed by atoms with E-state index in [0.717, 1.165) is 26.2 Å². The molecule has 1 aromatic rings. The zero-order valence-corrected chi connectivity index (χ0v) is 18.8. The minimum atomic E-state index is -0.280. The fourth-order valence-corrected chi connectivity index (χ4v) is 3.92. The molecule has 0 atom stereocenters. The molecule has 0 unspecified atom stereocenters. The summed E-state index contributed by atoms with van der Waals surface area (Å²) in [5.41, 5.74) is 1.88. The van der Waals surface area contributed by atoms with Gasteiger partial charge in [-0.05, 0) is 44.0 Å². The smallest absolute Gasteiger partial charge is 0.409 e. The number of anilines is 1. The van der Waals surface area contributed by atoms with E-state index in [-0.39, 0.29) is 12.0 Å². The van der Waals surface area contributed by atoms with Gasteiger partial charge in [0.05, 0.1) is 6.61 Å². The van der Waals surface area contributed by atoms with Crippen LogP contribution in [0.2, 0.25) is 0 Å². The Morgan fingerprint density at radius 1 is 0.833 bits per heavy atom. The summed E-state index contributed by atoms with van der Waals surface area (Å²) in [4.78, 5) is 33.3. The Morgan fingerprint density at radius 3 is 1.93 bits per heavy atom. The first-order valence-corrected chi connectivity index (χ1v) is 11.1. The molecule has 2 aliphatic heterocycles. The van der Waals surface area contributed by atoms with Gasteiger partial charge in [-0.15, -0.1) is 0 Å². The lowest BCUT2D eigenvalue weighted by Crippen LogP contribution is -2.50. The van der Waals surface area contributed by atoms with Crippen molar-refractivity contribution in [3.05, 3.63) is 29.8 Å². The number of hydrogen-bond acceptors (Lipinski definition) is 5. The minimum Gasteiger partial charge on any atom is -0.449 e. The predicted molar refractivity (Wildman–Crippen MR) is 119 cm³/mol. The molecule has 7 heteroatoms. The molecule has 0 radical (unpaired) electrons. The highest BCUT2D eigenvalue weighted by Crippen LogP contribution is 2.19. The number of hydrogen-bond donors (Lipinski definition) is 0. The molecular formula is C23H36N4O3. The molecule has 1 aromatic carbocycles. The van der Waals surface area contributed by atoms with Gasteiger partial charge in [-0.1, -0.05) is 13.8 Å². The number of carbonyl (C=O) groups excluding carboxylic acids is 2. The zero-order valence-electron chi connectivity index (χ0n) is 18.8. The Labute approximate surface area is 180 Å². The maximum absolute atomic E-state index is 12.9. The zero-order chi connectivity index (χ0) is 21.7. The largest absolute Gasteiger partial charge is 0.449 e. The molecule has 0 bridgehead atoms. The van der Waals surface area contributed by atoms with Crippen molar-refractivity contribution in [1.29, 1.82) is 0 Å². The van der Waals surface area contributed by atoms with Gasteiger partial charge in [-0.25, -0.2) is 4.79 Å². The molecule has 7 nitrogen and oxygen atoms in total. The van der Waals surface area contributed by atoms with E-state index in [4.69, 9.17) is 4.74 Å². The molecule has 0 spiro atoms. The molecule has 0 aromatic heterocycles. The number of nitrogens with zero attached hydrogens (tertiary/aromatic N) is 4. The van der Waals surface area contributed by atoms with E-state index in [1.165, 1.54) is 5.69 Å². The van der Waals surface area contributed by atoms with Gasteiger partial charge in [-0.3, -0.25) is 9.69 Å². The molecule has 2 heterocycles. The van der Waals surface area contributed by atoms with E-state index in [0.29, 0.717) is 50.3 Å². The number of benzene rings is 1. The van der Waals surface area contributed by atoms with Gasteiger partial charge >= 0.3 is 6.09 Å². The van der Waals surface area contributed by atoms with Crippen LogP contribution in [-0.4, -0.2) is 91.7 Å². The normalized spacial score (nSPS) is 18.3. The summed E-state index contributed by atoms with van der Waals surface area (Å²) in [6.07, 6.45) is -0.280. The first kappa shape index (κ1) is 22.4. The fraction of sp³-hybridized carbons (Fsp3) is 0.652. The lowest BCUT2D eigenvalue weighted by atomic mass is 10.1. The number of ether oxygens (including phenoxy) is 1. The Hall–Kier alpha value is -2.28. The van der Waals surface area contributed by atoms with Crippen LogP contribution in [0.15, 0.2) is 24.3 Å². The minimum absolute atomic E-state index is 0.0291. The van der Waals surface area contributed by atoms with Gasteiger partial charge in [0.25, 0.3) is 5.91 Å². The molecular weight excluding hydrogens is 380 g/mol. The first-order chi connectivity index (χ1) is 14.3. The van der Waals surface area contributed by atoms with Gasteiger partial charge in [0.15, 0.2) is 0 Å². The highest BCUT2D eigenvalue weighted by atomic mass is 16.6. The molecule has 0 saturated carbocycles. The van der Waals surface area contributed by atoms with Crippen LogP contribution in [0.3, 0.4) is 0 Å². The third kappa shape index (κ3) is 5.65. The number of amides is 2. The van der Waals surface area contributed by atoms with Crippen LogP contribution in [0.25, 0.3) is 0 Å². The predicted octanol–water partition coefficient (Wildman–Crippen LogP) is 2.77. The molecule has 166 valence electrons. The molecule has 30 heavy (non-hydrogen) atoms. The van der Waals surface area contributed by atoms with E-state index in [9.17, 15) is 9.59 Å². The SMILES string of the molecule is CC(C)COC(=O)N1CCN(C(=O)c2ccc(N3CCN(C(C)C)CC3)cc2)CC1. The second kappa shape index (κ2) is 10.2. The van der Waals surface area contributed by atoms with Crippen LogP contribution in [0.4, 0.5) is 10.5 Å². The summed E-state index contributed by atoms with van der Waals surface area (Å²) in [7, 11) is 0. The van der Waals surface area contributed by atoms with E-state index in [1.54, 1.807) is 4.90 Å². The summed E-state index contributed by atoms with van der Waals surface area (Å²) in [6.45, 7) is 15.2. The average Bonchev–Trinajstić information content (AvgIpc) is 2.77. The maximum Gasteiger partial charge on any atom is 0.409 e. The van der Waals surface area contributed by atoms with Gasteiger partial charge in [0, 0.05) is 69.7 Å². The Kier molecular flexibility index (Phi) is 7.58. The summed E-state index contributed by atoms with van der Waals surface area (Å²) >= 11 is 0. The van der Waals surface area contributed by atoms with Crippen molar-refractivity contribution < 1.29 is 14.3 Å². The monoisotopic (exact) mass is 416 g/mol. The Bertz CT molecular complexity index is 704. The van der Waals surface area contributed by atoms with Crippen LogP contribution in [-0.2, 0) is 4.74 Å². The maximum atomic E-state index is 12.9. The molecule has 2 aliphatic rings. The van der Waals surface area contributed by atoms with Crippen molar-refractivity contribution in [2.75, 3.05) is 63.9 Å². The molecule has 3 rings (SSSR count). The van der Waals surface area contributed by atoms with Crippen LogP contribution in [0.5, 0.6) is 0 Å². The average molecular weight is 417 g/mol. The van der Waals surface area contributed by atoms with E-state index < -0.39 is 0 Å². The lowest BCUT2D eigenvalue weighted by Gasteiger charge is -2.38. The van der Waals surface area contributed by atoms with Gasteiger partial charge in [0.1, 0.15) is 0 Å². The van der Waals surface area contributed by atoms with Gasteiger partial charge < -0.3 is 19.4 Å². The van der Waals surface area contributed by atoms with Crippen LogP contribution in [0.1, 0.15) is 38.1 Å². The first-order valence-electron chi connectivity index (χ1n) is 11.1. The second-order valence-corrected chi connectivity index (χ2v) is 8.91. The highest BCUT2D eigenvalue weighted by molar-refractivity contribution is 5.94. The lowest BCUT2D eigenvalue weighted by molar-refractivity contribution is 0.0535. The van der Waals surface area contributed by atoms with Crippen molar-refractivity contribution in [2.45, 2.75) is 33.7 Å². The second-order valence-electron chi connectivity index (χ2n) is 8.91. The molecule has 2 fully saturated rings. The van der Waals surface area contributed by atoms with E-state index in [1.807, 2.05) is 30.9 Å². The number of rotatable bonds is 5. The van der Waals surface area contributed by atoms with E-state index in [2.05, 4.69) is 35.8 Å². The Morgan fingerprint density at radius 2 is 1.40 bits per heavy atom. The third-order valence-corrected chi connectivity index (χ3v) is 5.89. The van der Waals surface area contributed by atoms with Gasteiger partial charge in [-0.2, -0.15) is 0 Å². The molecule has 2 amide bonds. The summed E-state index contributed by atoms with van der Waals surface area (Å²) in [6, 6.07) is 8.55. The van der Waals surface area contributed by atoms with E-state index >= 15 is 0 Å². The topological polar surface area (TPSA) is 56.3 Å². The fourth-order valence-electron chi connectivity index (χ4n) is 3.92. The van der Waals surface area contributed by atoms with Crippen LogP contribution >= 0.6 is 0 Å². The summed E-state index contributed by atoms with van der Waals surface area (Å²) in [5, 5.41) is 0. The summed E-state index contributed by atoms with van der Waals surface area (Å²) < 4.78 is 5.29. The van der Waals surface area contributed by atoms with Gasteiger partial charge in [0.2, 0.25) is 0 Å². The standard InChI is InChI=1S/C23H36N4O3/c1-18(2)17-30-23(29)27-15-13-26(14-16-27)22(28)20-5-7-21(8-6-20)25-11-9-24(10-12-25)19(3)4/h5-8,18-19H,9-17H2,1-4H3. The quantitative estimate of drug-likeness (QED) is 0.739. The van der Waals surface area contributed by atoms with Crippen LogP contribution < -0.4 is 4.90 Å². The third-order valence-electron chi connectivity index (χ3n) is 5.89. The number of piperazine rings is 2. The van der Waals surface area contributed by atoms with Crippen molar-refractivity contribution in [2.24, 2.45) is 5.92 Å². The summed E-state index contributed by atoms with van der Waals surface area (Å²) in [5.74, 6) is 0.347. The highest BCUT2D eigenvalue weighted by Gasteiger charge is 2.26. The Balaban J connectivity index is 1.49. The van der Waals surface area contributed by atoms with Crippen molar-refractivity contribution in [3.8, 4) is 0 Å². The molecule has 0 aliphatic carbocycles. The number of carbonyl (C=O) groups is 2. The molecule has 0 N–H and O–H groups in total. The van der Waals surface area contributed by atoms with Crippen LogP contribution in [0, 0.1) is 5.92 Å². The molecule has 2 saturated heterocycles.